The Hall–Kier alpha value is -1.52. The van der Waals surface area contributed by atoms with E-state index in [1.165, 1.54) is 18.2 Å². The normalized spacial score (nSPS) is 10.1. The number of carbonyl (C=O) groups is 1. The Morgan fingerprint density at radius 2 is 1.83 bits per heavy atom. The quantitative estimate of drug-likeness (QED) is 0.874. The van der Waals surface area contributed by atoms with Crippen LogP contribution >= 0.6 is 27.5 Å². The molecule has 0 atom stereocenters. The first kappa shape index (κ1) is 12.9. The summed E-state index contributed by atoms with van der Waals surface area (Å²) in [6.07, 6.45) is 0. The average molecular weight is 327 g/mol. The molecule has 0 aliphatic rings. The molecule has 2 aromatic carbocycles. The largest absolute Gasteiger partial charge is 0.506 e. The van der Waals surface area contributed by atoms with E-state index < -0.39 is 0 Å². The molecular formula is C13H9BrClNO2. The average Bonchev–Trinajstić information content (AvgIpc) is 2.35. The molecule has 0 heterocycles. The highest BCUT2D eigenvalue weighted by molar-refractivity contribution is 9.10. The number of halogens is 2. The molecule has 1 amide bonds. The minimum atomic E-state index is -0.278. The van der Waals surface area contributed by atoms with E-state index in [1.807, 2.05) is 12.1 Å². The summed E-state index contributed by atoms with van der Waals surface area (Å²) in [6, 6.07) is 11.5. The van der Waals surface area contributed by atoms with Crippen LogP contribution in [0.25, 0.3) is 0 Å². The second-order valence-corrected chi connectivity index (χ2v) is 4.95. The molecule has 0 aliphatic heterocycles. The second kappa shape index (κ2) is 5.42. The smallest absolute Gasteiger partial charge is 0.255 e. The molecule has 92 valence electrons. The van der Waals surface area contributed by atoms with Crippen molar-refractivity contribution >= 4 is 39.1 Å². The van der Waals surface area contributed by atoms with Gasteiger partial charge in [0.1, 0.15) is 5.75 Å². The number of hydrogen-bond donors (Lipinski definition) is 2. The van der Waals surface area contributed by atoms with E-state index in [0.29, 0.717) is 11.3 Å². The van der Waals surface area contributed by atoms with E-state index in [1.54, 1.807) is 12.1 Å². The molecule has 0 fully saturated rings. The van der Waals surface area contributed by atoms with Crippen LogP contribution in [0.1, 0.15) is 10.4 Å². The van der Waals surface area contributed by atoms with Crippen molar-refractivity contribution < 1.29 is 9.90 Å². The zero-order valence-electron chi connectivity index (χ0n) is 9.15. The van der Waals surface area contributed by atoms with Crippen LogP contribution in [-0.4, -0.2) is 11.0 Å². The number of carbonyl (C=O) groups excluding carboxylic acids is 1. The molecule has 2 rings (SSSR count). The molecule has 2 N–H and O–H groups in total. The first-order valence-electron chi connectivity index (χ1n) is 5.12. The fraction of sp³-hybridized carbons (Fsp3) is 0. The molecule has 0 saturated heterocycles. The predicted molar refractivity (Wildman–Crippen MR) is 75.2 cm³/mol. The number of aromatic hydroxyl groups is 1. The molecule has 0 bridgehead atoms. The van der Waals surface area contributed by atoms with Gasteiger partial charge >= 0.3 is 0 Å². The molecule has 0 unspecified atom stereocenters. The van der Waals surface area contributed by atoms with Gasteiger partial charge in [0.2, 0.25) is 0 Å². The zero-order chi connectivity index (χ0) is 13.1. The lowest BCUT2D eigenvalue weighted by atomic mass is 10.2. The van der Waals surface area contributed by atoms with Gasteiger partial charge in [-0.3, -0.25) is 4.79 Å². The maximum absolute atomic E-state index is 11.9. The van der Waals surface area contributed by atoms with Gasteiger partial charge in [0.15, 0.2) is 0 Å². The van der Waals surface area contributed by atoms with E-state index in [4.69, 9.17) is 11.6 Å². The molecule has 2 aromatic rings. The lowest BCUT2D eigenvalue weighted by Gasteiger charge is -2.06. The van der Waals surface area contributed by atoms with Gasteiger partial charge in [0.25, 0.3) is 5.91 Å². The summed E-state index contributed by atoms with van der Waals surface area (Å²) in [5.41, 5.74) is 1.08. The summed E-state index contributed by atoms with van der Waals surface area (Å²) < 4.78 is 0.938. The molecule has 0 spiro atoms. The first-order valence-corrected chi connectivity index (χ1v) is 6.29. The number of amides is 1. The number of phenols is 1. The first-order chi connectivity index (χ1) is 8.56. The zero-order valence-corrected chi connectivity index (χ0v) is 11.5. The van der Waals surface area contributed by atoms with E-state index in [2.05, 4.69) is 21.2 Å². The van der Waals surface area contributed by atoms with Crippen LogP contribution in [0.3, 0.4) is 0 Å². The third-order valence-corrected chi connectivity index (χ3v) is 3.14. The summed E-state index contributed by atoms with van der Waals surface area (Å²) in [7, 11) is 0. The Bertz CT molecular complexity index is 584. The van der Waals surface area contributed by atoms with Crippen LogP contribution in [0, 0.1) is 0 Å². The summed E-state index contributed by atoms with van der Waals surface area (Å²) in [6.45, 7) is 0. The van der Waals surface area contributed by atoms with Gasteiger partial charge in [-0.05, 0) is 42.5 Å². The number of phenolic OH excluding ortho intramolecular Hbond substituents is 1. The van der Waals surface area contributed by atoms with Gasteiger partial charge in [-0.1, -0.05) is 27.5 Å². The molecular weight excluding hydrogens is 318 g/mol. The van der Waals surface area contributed by atoms with Gasteiger partial charge in [-0.2, -0.15) is 0 Å². The number of nitrogens with one attached hydrogen (secondary N) is 1. The Morgan fingerprint density at radius 3 is 2.44 bits per heavy atom. The Morgan fingerprint density at radius 1 is 1.17 bits per heavy atom. The van der Waals surface area contributed by atoms with Gasteiger partial charge in [-0.25, -0.2) is 0 Å². The van der Waals surface area contributed by atoms with E-state index in [-0.39, 0.29) is 16.7 Å². The SMILES string of the molecule is O=C(Nc1ccc(Br)cc1)c1ccc(O)c(Cl)c1. The lowest BCUT2D eigenvalue weighted by molar-refractivity contribution is 0.102. The summed E-state index contributed by atoms with van der Waals surface area (Å²) in [4.78, 5) is 11.9. The Balaban J connectivity index is 2.16. The van der Waals surface area contributed by atoms with Crippen molar-refractivity contribution in [3.05, 3.63) is 57.5 Å². The van der Waals surface area contributed by atoms with Crippen LogP contribution in [-0.2, 0) is 0 Å². The fourth-order valence-electron chi connectivity index (χ4n) is 1.38. The molecule has 0 saturated carbocycles. The summed E-state index contributed by atoms with van der Waals surface area (Å²) in [5.74, 6) is -0.323. The number of rotatable bonds is 2. The highest BCUT2D eigenvalue weighted by atomic mass is 79.9. The molecule has 0 aromatic heterocycles. The van der Waals surface area contributed by atoms with Crippen molar-refractivity contribution in [3.63, 3.8) is 0 Å². The van der Waals surface area contributed by atoms with Gasteiger partial charge in [0.05, 0.1) is 5.02 Å². The van der Waals surface area contributed by atoms with Crippen molar-refractivity contribution in [2.75, 3.05) is 5.32 Å². The standard InChI is InChI=1S/C13H9BrClNO2/c14-9-2-4-10(5-3-9)16-13(18)8-1-6-12(17)11(15)7-8/h1-7,17H,(H,16,18). The van der Waals surface area contributed by atoms with Crippen molar-refractivity contribution in [1.29, 1.82) is 0 Å². The van der Waals surface area contributed by atoms with Crippen LogP contribution < -0.4 is 5.32 Å². The highest BCUT2D eigenvalue weighted by Crippen LogP contribution is 2.24. The third kappa shape index (κ3) is 3.03. The highest BCUT2D eigenvalue weighted by Gasteiger charge is 2.08. The predicted octanol–water partition coefficient (Wildman–Crippen LogP) is 4.06. The van der Waals surface area contributed by atoms with Crippen molar-refractivity contribution in [2.45, 2.75) is 0 Å². The number of benzene rings is 2. The van der Waals surface area contributed by atoms with Crippen LogP contribution in [0.15, 0.2) is 46.9 Å². The molecule has 0 radical (unpaired) electrons. The molecule has 3 nitrogen and oxygen atoms in total. The van der Waals surface area contributed by atoms with Gasteiger partial charge in [0, 0.05) is 15.7 Å². The van der Waals surface area contributed by atoms with Crippen molar-refractivity contribution in [3.8, 4) is 5.75 Å². The minimum absolute atomic E-state index is 0.0446. The molecule has 5 heteroatoms. The topological polar surface area (TPSA) is 49.3 Å². The van der Waals surface area contributed by atoms with Gasteiger partial charge in [-0.15, -0.1) is 0 Å². The molecule has 0 aliphatic carbocycles. The maximum atomic E-state index is 11.9. The monoisotopic (exact) mass is 325 g/mol. The third-order valence-electron chi connectivity index (χ3n) is 2.31. The van der Waals surface area contributed by atoms with Crippen LogP contribution in [0.2, 0.25) is 5.02 Å². The summed E-state index contributed by atoms with van der Waals surface area (Å²) >= 11 is 9.06. The van der Waals surface area contributed by atoms with Crippen LogP contribution in [0.4, 0.5) is 5.69 Å². The molecule has 18 heavy (non-hydrogen) atoms. The van der Waals surface area contributed by atoms with Crippen LogP contribution in [0.5, 0.6) is 5.75 Å². The Kier molecular flexibility index (Phi) is 3.89. The summed E-state index contributed by atoms with van der Waals surface area (Å²) in [5, 5.41) is 12.2. The fourth-order valence-corrected chi connectivity index (χ4v) is 1.83. The maximum Gasteiger partial charge on any atom is 0.255 e. The lowest BCUT2D eigenvalue weighted by Crippen LogP contribution is -2.11. The Labute approximate surface area is 118 Å². The van der Waals surface area contributed by atoms with E-state index in [9.17, 15) is 9.90 Å². The number of hydrogen-bond acceptors (Lipinski definition) is 2. The van der Waals surface area contributed by atoms with Crippen molar-refractivity contribution in [1.82, 2.24) is 0 Å². The van der Waals surface area contributed by atoms with Crippen molar-refractivity contribution in [2.24, 2.45) is 0 Å². The minimum Gasteiger partial charge on any atom is -0.506 e. The second-order valence-electron chi connectivity index (χ2n) is 3.63. The van der Waals surface area contributed by atoms with Gasteiger partial charge < -0.3 is 10.4 Å². The van der Waals surface area contributed by atoms with E-state index in [0.717, 1.165) is 4.47 Å². The number of anilines is 1. The van der Waals surface area contributed by atoms with E-state index >= 15 is 0 Å².